The Balaban J connectivity index is 2.57. The zero-order chi connectivity index (χ0) is 16.5. The molecule has 0 spiro atoms. The van der Waals surface area contributed by atoms with E-state index in [4.69, 9.17) is 9.78 Å². The Morgan fingerprint density at radius 3 is 1.45 bits per heavy atom. The maximum absolute atomic E-state index is 10.9. The van der Waals surface area contributed by atoms with Crippen molar-refractivity contribution in [2.24, 2.45) is 0 Å². The SMILES string of the molecule is C=CC(=O)OOC(C)c1ccc(C(C)OOC(=O)C=C)cc1. The number of hydrogen-bond acceptors (Lipinski definition) is 6. The fourth-order valence-electron chi connectivity index (χ4n) is 1.46. The second-order valence-corrected chi connectivity index (χ2v) is 4.36. The zero-order valence-corrected chi connectivity index (χ0v) is 12.5. The molecule has 0 aliphatic rings. The molecular formula is C16H18O6. The van der Waals surface area contributed by atoms with Crippen LogP contribution >= 0.6 is 0 Å². The van der Waals surface area contributed by atoms with Gasteiger partial charge in [0.1, 0.15) is 12.2 Å². The molecule has 22 heavy (non-hydrogen) atoms. The van der Waals surface area contributed by atoms with Gasteiger partial charge in [-0.05, 0) is 25.0 Å². The maximum Gasteiger partial charge on any atom is 0.365 e. The topological polar surface area (TPSA) is 71.1 Å². The second-order valence-electron chi connectivity index (χ2n) is 4.36. The summed E-state index contributed by atoms with van der Waals surface area (Å²) in [5.41, 5.74) is 1.60. The van der Waals surface area contributed by atoms with E-state index in [0.717, 1.165) is 23.3 Å². The van der Waals surface area contributed by atoms with Gasteiger partial charge >= 0.3 is 11.9 Å². The van der Waals surface area contributed by atoms with Gasteiger partial charge in [-0.3, -0.25) is 9.78 Å². The summed E-state index contributed by atoms with van der Waals surface area (Å²) in [7, 11) is 0. The van der Waals surface area contributed by atoms with Crippen molar-refractivity contribution < 1.29 is 29.1 Å². The predicted octanol–water partition coefficient (Wildman–Crippen LogP) is 3.13. The monoisotopic (exact) mass is 306 g/mol. The average molecular weight is 306 g/mol. The van der Waals surface area contributed by atoms with Gasteiger partial charge < -0.3 is 0 Å². The first-order valence-electron chi connectivity index (χ1n) is 6.57. The van der Waals surface area contributed by atoms with Crippen LogP contribution in [0.3, 0.4) is 0 Å². The Labute approximate surface area is 128 Å². The van der Waals surface area contributed by atoms with E-state index < -0.39 is 24.1 Å². The predicted molar refractivity (Wildman–Crippen MR) is 78.0 cm³/mol. The van der Waals surface area contributed by atoms with Gasteiger partial charge in [-0.2, -0.15) is 9.78 Å². The highest BCUT2D eigenvalue weighted by molar-refractivity contribution is 5.80. The third kappa shape index (κ3) is 5.51. The molecule has 0 aromatic heterocycles. The lowest BCUT2D eigenvalue weighted by atomic mass is 10.1. The molecule has 0 heterocycles. The van der Waals surface area contributed by atoms with Crippen LogP contribution < -0.4 is 0 Å². The highest BCUT2D eigenvalue weighted by atomic mass is 17.2. The molecule has 0 bridgehead atoms. The molecule has 6 nitrogen and oxygen atoms in total. The minimum atomic E-state index is -0.658. The molecule has 1 aromatic carbocycles. The van der Waals surface area contributed by atoms with Crippen LogP contribution in [-0.4, -0.2) is 11.9 Å². The quantitative estimate of drug-likeness (QED) is 0.417. The Morgan fingerprint density at radius 1 is 0.864 bits per heavy atom. The molecule has 1 rings (SSSR count). The molecular weight excluding hydrogens is 288 g/mol. The normalized spacial score (nSPS) is 12.8. The molecule has 0 aliphatic heterocycles. The van der Waals surface area contributed by atoms with Gasteiger partial charge in [0.05, 0.1) is 0 Å². The fraction of sp³-hybridized carbons (Fsp3) is 0.250. The summed E-state index contributed by atoms with van der Waals surface area (Å²) in [6.45, 7) is 10.0. The first-order chi connectivity index (χ1) is 10.5. The molecule has 0 amide bonds. The van der Waals surface area contributed by atoms with Crippen molar-refractivity contribution in [3.8, 4) is 0 Å². The molecule has 1 aromatic rings. The van der Waals surface area contributed by atoms with Crippen LogP contribution in [0.15, 0.2) is 49.6 Å². The summed E-state index contributed by atoms with van der Waals surface area (Å²) in [6.07, 6.45) is 1.15. The van der Waals surface area contributed by atoms with Crippen LogP contribution in [0, 0.1) is 0 Å². The lowest BCUT2D eigenvalue weighted by molar-refractivity contribution is -0.293. The van der Waals surface area contributed by atoms with Gasteiger partial charge in [-0.1, -0.05) is 37.4 Å². The Bertz CT molecular complexity index is 485. The lowest BCUT2D eigenvalue weighted by Crippen LogP contribution is -2.07. The summed E-state index contributed by atoms with van der Waals surface area (Å²) >= 11 is 0. The Morgan fingerprint density at radius 2 is 1.18 bits per heavy atom. The van der Waals surface area contributed by atoms with Crippen molar-refractivity contribution in [2.75, 3.05) is 0 Å². The van der Waals surface area contributed by atoms with Crippen LogP contribution in [0.1, 0.15) is 37.2 Å². The lowest BCUT2D eigenvalue weighted by Gasteiger charge is -2.14. The van der Waals surface area contributed by atoms with Crippen LogP contribution in [0.4, 0.5) is 0 Å². The summed E-state index contributed by atoms with van der Waals surface area (Å²) in [4.78, 5) is 40.7. The highest BCUT2D eigenvalue weighted by Crippen LogP contribution is 2.22. The van der Waals surface area contributed by atoms with E-state index in [1.807, 2.05) is 0 Å². The van der Waals surface area contributed by atoms with E-state index in [1.165, 1.54) is 0 Å². The van der Waals surface area contributed by atoms with Gasteiger partial charge in [0.15, 0.2) is 0 Å². The fourth-order valence-corrected chi connectivity index (χ4v) is 1.46. The first kappa shape index (κ1) is 17.6. The van der Waals surface area contributed by atoms with Crippen molar-refractivity contribution in [1.82, 2.24) is 0 Å². The van der Waals surface area contributed by atoms with E-state index >= 15 is 0 Å². The standard InChI is InChI=1S/C16H18O6/c1-5-15(17)21-19-11(3)13-7-9-14(10-8-13)12(4)20-22-16(18)6-2/h5-12H,1-2H2,3-4H3. The molecule has 0 N–H and O–H groups in total. The van der Waals surface area contributed by atoms with Crippen molar-refractivity contribution >= 4 is 11.9 Å². The van der Waals surface area contributed by atoms with Crippen molar-refractivity contribution in [2.45, 2.75) is 26.1 Å². The van der Waals surface area contributed by atoms with Crippen LogP contribution in [-0.2, 0) is 29.1 Å². The smallest absolute Gasteiger partial charge is 0.293 e. The third-order valence-electron chi connectivity index (χ3n) is 2.76. The van der Waals surface area contributed by atoms with Gasteiger partial charge in [0.2, 0.25) is 0 Å². The average Bonchev–Trinajstić information content (AvgIpc) is 2.56. The molecule has 0 radical (unpaired) electrons. The van der Waals surface area contributed by atoms with E-state index in [-0.39, 0.29) is 0 Å². The van der Waals surface area contributed by atoms with E-state index in [2.05, 4.69) is 22.9 Å². The van der Waals surface area contributed by atoms with Gasteiger partial charge in [-0.25, -0.2) is 9.59 Å². The molecule has 2 unspecified atom stereocenters. The molecule has 0 fully saturated rings. The molecule has 0 saturated carbocycles. The molecule has 6 heteroatoms. The van der Waals surface area contributed by atoms with Gasteiger partial charge in [0.25, 0.3) is 0 Å². The zero-order valence-electron chi connectivity index (χ0n) is 12.5. The summed E-state index contributed by atoms with van der Waals surface area (Å²) < 4.78 is 0. The Kier molecular flexibility index (Phi) is 7.01. The molecule has 2 atom stereocenters. The summed E-state index contributed by atoms with van der Waals surface area (Å²) in [6, 6.07) is 7.15. The van der Waals surface area contributed by atoms with Gasteiger partial charge in [-0.15, -0.1) is 0 Å². The number of carbonyl (C=O) groups excluding carboxylic acids is 2. The molecule has 0 aliphatic carbocycles. The van der Waals surface area contributed by atoms with Crippen LogP contribution in [0.2, 0.25) is 0 Å². The third-order valence-corrected chi connectivity index (χ3v) is 2.76. The van der Waals surface area contributed by atoms with E-state index in [9.17, 15) is 9.59 Å². The second kappa shape index (κ2) is 8.76. The van der Waals surface area contributed by atoms with E-state index in [1.54, 1.807) is 38.1 Å². The number of rotatable bonds is 8. The summed E-state index contributed by atoms with van der Waals surface area (Å²) in [5.74, 6) is -1.32. The minimum absolute atomic E-state index is 0.437. The van der Waals surface area contributed by atoms with Gasteiger partial charge in [0, 0.05) is 12.2 Å². The Hall–Kier alpha value is -2.44. The van der Waals surface area contributed by atoms with E-state index in [0.29, 0.717) is 0 Å². The largest absolute Gasteiger partial charge is 0.365 e. The van der Waals surface area contributed by atoms with Crippen molar-refractivity contribution in [1.29, 1.82) is 0 Å². The minimum Gasteiger partial charge on any atom is -0.293 e. The molecule has 118 valence electrons. The maximum atomic E-state index is 10.9. The van der Waals surface area contributed by atoms with Crippen molar-refractivity contribution in [3.63, 3.8) is 0 Å². The molecule has 0 saturated heterocycles. The highest BCUT2D eigenvalue weighted by Gasteiger charge is 2.12. The summed E-state index contributed by atoms with van der Waals surface area (Å²) in [5, 5.41) is 0. The number of benzene rings is 1. The number of hydrogen-bond donors (Lipinski definition) is 0. The first-order valence-corrected chi connectivity index (χ1v) is 6.57. The van der Waals surface area contributed by atoms with Crippen molar-refractivity contribution in [3.05, 3.63) is 60.7 Å². The van der Waals surface area contributed by atoms with Crippen LogP contribution in [0.5, 0.6) is 0 Å². The van der Waals surface area contributed by atoms with Crippen LogP contribution in [0.25, 0.3) is 0 Å². The number of carbonyl (C=O) groups is 2.